The lowest BCUT2D eigenvalue weighted by molar-refractivity contribution is -0.111. The number of hydrogen-bond donors (Lipinski definition) is 0. The van der Waals surface area contributed by atoms with E-state index in [-0.39, 0.29) is 11.7 Å². The van der Waals surface area contributed by atoms with E-state index in [1.807, 2.05) is 24.3 Å². The molecular formula is C10H7ClO2. The van der Waals surface area contributed by atoms with E-state index >= 15 is 0 Å². The normalized spacial score (nSPS) is 10.5. The molecule has 0 spiro atoms. The smallest absolute Gasteiger partial charge is 0.226 e. The van der Waals surface area contributed by atoms with Gasteiger partial charge >= 0.3 is 0 Å². The van der Waals surface area contributed by atoms with E-state index in [9.17, 15) is 4.79 Å². The average Bonchev–Trinajstić information content (AvgIpc) is 2.51. The molecule has 0 unspecified atom stereocenters. The molecule has 0 atom stereocenters. The lowest BCUT2D eigenvalue weighted by Crippen LogP contribution is -1.93. The van der Waals surface area contributed by atoms with Crippen molar-refractivity contribution in [2.75, 3.05) is 0 Å². The summed E-state index contributed by atoms with van der Waals surface area (Å²) < 4.78 is 5.19. The van der Waals surface area contributed by atoms with Crippen LogP contribution < -0.4 is 0 Å². The molecular weight excluding hydrogens is 188 g/mol. The van der Waals surface area contributed by atoms with Gasteiger partial charge in [-0.1, -0.05) is 12.1 Å². The molecule has 0 fully saturated rings. The summed E-state index contributed by atoms with van der Waals surface area (Å²) in [5.74, 6) is 0. The van der Waals surface area contributed by atoms with E-state index in [1.54, 1.807) is 6.26 Å². The van der Waals surface area contributed by atoms with Crippen LogP contribution in [0.2, 0.25) is 0 Å². The number of benzene rings is 1. The molecule has 13 heavy (non-hydrogen) atoms. The highest BCUT2D eigenvalue weighted by molar-refractivity contribution is 6.63. The minimum absolute atomic E-state index is 0.248. The molecule has 1 aromatic heterocycles. The van der Waals surface area contributed by atoms with Crippen LogP contribution in [0, 0.1) is 0 Å². The van der Waals surface area contributed by atoms with E-state index in [2.05, 4.69) is 0 Å². The molecule has 0 amide bonds. The van der Waals surface area contributed by atoms with Gasteiger partial charge in [0.1, 0.15) is 5.58 Å². The fourth-order valence-electron chi connectivity index (χ4n) is 1.36. The summed E-state index contributed by atoms with van der Waals surface area (Å²) >= 11 is 5.31. The highest BCUT2D eigenvalue weighted by atomic mass is 35.5. The summed E-state index contributed by atoms with van der Waals surface area (Å²) in [5.41, 5.74) is 1.70. The third-order valence-corrected chi connectivity index (χ3v) is 2.05. The zero-order chi connectivity index (χ0) is 9.26. The van der Waals surface area contributed by atoms with Gasteiger partial charge in [-0.15, -0.1) is 0 Å². The Morgan fingerprint density at radius 2 is 2.23 bits per heavy atom. The highest BCUT2D eigenvalue weighted by Gasteiger charge is 2.05. The van der Waals surface area contributed by atoms with Crippen LogP contribution in [0.25, 0.3) is 11.0 Å². The molecule has 2 nitrogen and oxygen atoms in total. The standard InChI is InChI=1S/C10H7ClO2/c11-10(12)6-7-2-1-3-9-8(7)4-5-13-9/h1-5H,6H2. The Labute approximate surface area is 80.1 Å². The molecule has 0 aliphatic rings. The molecule has 1 heterocycles. The second-order valence-electron chi connectivity index (χ2n) is 2.78. The van der Waals surface area contributed by atoms with Gasteiger partial charge in [0.05, 0.1) is 6.26 Å². The van der Waals surface area contributed by atoms with Gasteiger partial charge < -0.3 is 4.42 Å². The SMILES string of the molecule is O=C(Cl)Cc1cccc2occc12. The summed E-state index contributed by atoms with van der Waals surface area (Å²) in [5, 5.41) is 0.602. The number of carbonyl (C=O) groups excluding carboxylic acids is 1. The number of carbonyl (C=O) groups is 1. The molecule has 0 N–H and O–H groups in total. The first-order chi connectivity index (χ1) is 6.27. The minimum atomic E-state index is -0.353. The third-order valence-electron chi connectivity index (χ3n) is 1.92. The van der Waals surface area contributed by atoms with Gasteiger partial charge in [-0.05, 0) is 29.3 Å². The zero-order valence-corrected chi connectivity index (χ0v) is 7.54. The van der Waals surface area contributed by atoms with Crippen LogP contribution in [0.4, 0.5) is 0 Å². The van der Waals surface area contributed by atoms with Crippen molar-refractivity contribution < 1.29 is 9.21 Å². The number of hydrogen-bond acceptors (Lipinski definition) is 2. The second-order valence-corrected chi connectivity index (χ2v) is 3.20. The van der Waals surface area contributed by atoms with E-state index in [0.717, 1.165) is 16.5 Å². The minimum Gasteiger partial charge on any atom is -0.464 e. The van der Waals surface area contributed by atoms with Crippen molar-refractivity contribution in [3.8, 4) is 0 Å². The zero-order valence-electron chi connectivity index (χ0n) is 6.79. The van der Waals surface area contributed by atoms with Gasteiger partial charge in [-0.2, -0.15) is 0 Å². The lowest BCUT2D eigenvalue weighted by atomic mass is 10.1. The van der Waals surface area contributed by atoms with Crippen LogP contribution >= 0.6 is 11.6 Å². The van der Waals surface area contributed by atoms with Crippen LogP contribution in [-0.2, 0) is 11.2 Å². The topological polar surface area (TPSA) is 30.2 Å². The first kappa shape index (κ1) is 8.32. The summed E-state index contributed by atoms with van der Waals surface area (Å²) in [7, 11) is 0. The molecule has 2 aromatic rings. The average molecular weight is 195 g/mol. The molecule has 0 radical (unpaired) electrons. The van der Waals surface area contributed by atoms with Gasteiger partial charge in [0.15, 0.2) is 0 Å². The van der Waals surface area contributed by atoms with Gasteiger partial charge in [0, 0.05) is 11.8 Å². The molecule has 1 aromatic carbocycles. The molecule has 0 aliphatic carbocycles. The second kappa shape index (κ2) is 3.23. The fraction of sp³-hybridized carbons (Fsp3) is 0.100. The van der Waals surface area contributed by atoms with E-state index < -0.39 is 0 Å². The maximum absolute atomic E-state index is 10.7. The molecule has 0 saturated heterocycles. The number of rotatable bonds is 2. The number of halogens is 1. The maximum atomic E-state index is 10.7. The van der Waals surface area contributed by atoms with Crippen LogP contribution in [0.5, 0.6) is 0 Å². The van der Waals surface area contributed by atoms with Crippen LogP contribution in [0.15, 0.2) is 34.9 Å². The summed E-state index contributed by atoms with van der Waals surface area (Å²) in [4.78, 5) is 10.7. The lowest BCUT2D eigenvalue weighted by Gasteiger charge is -1.97. The van der Waals surface area contributed by atoms with Crippen LogP contribution in [0.1, 0.15) is 5.56 Å². The van der Waals surface area contributed by atoms with Crippen molar-refractivity contribution in [3.05, 3.63) is 36.1 Å². The molecule has 0 aliphatic heterocycles. The Bertz CT molecular complexity index is 445. The van der Waals surface area contributed by atoms with Gasteiger partial charge in [-0.3, -0.25) is 4.79 Å². The molecule has 2 rings (SSSR count). The van der Waals surface area contributed by atoms with Crippen molar-refractivity contribution in [2.24, 2.45) is 0 Å². The first-order valence-electron chi connectivity index (χ1n) is 3.91. The Morgan fingerprint density at radius 1 is 1.38 bits per heavy atom. The van der Waals surface area contributed by atoms with Gasteiger partial charge in [0.25, 0.3) is 0 Å². The molecule has 0 saturated carbocycles. The van der Waals surface area contributed by atoms with Gasteiger partial charge in [-0.25, -0.2) is 0 Å². The molecule has 0 bridgehead atoms. The quantitative estimate of drug-likeness (QED) is 0.689. The van der Waals surface area contributed by atoms with Gasteiger partial charge in [0.2, 0.25) is 5.24 Å². The van der Waals surface area contributed by atoms with Crippen molar-refractivity contribution >= 4 is 27.8 Å². The Balaban J connectivity index is 2.54. The Kier molecular flexibility index (Phi) is 2.07. The maximum Gasteiger partial charge on any atom is 0.226 e. The third kappa shape index (κ3) is 1.58. The molecule has 66 valence electrons. The molecule has 3 heteroatoms. The van der Waals surface area contributed by atoms with Crippen molar-refractivity contribution in [2.45, 2.75) is 6.42 Å². The Hall–Kier alpha value is -1.28. The highest BCUT2D eigenvalue weighted by Crippen LogP contribution is 2.20. The van der Waals surface area contributed by atoms with Crippen LogP contribution in [-0.4, -0.2) is 5.24 Å². The van der Waals surface area contributed by atoms with Crippen molar-refractivity contribution in [1.82, 2.24) is 0 Å². The summed E-state index contributed by atoms with van der Waals surface area (Å²) in [6.45, 7) is 0. The largest absolute Gasteiger partial charge is 0.464 e. The number of fused-ring (bicyclic) bond motifs is 1. The first-order valence-corrected chi connectivity index (χ1v) is 4.28. The van der Waals surface area contributed by atoms with Crippen LogP contribution in [0.3, 0.4) is 0 Å². The fourth-order valence-corrected chi connectivity index (χ4v) is 1.50. The summed E-state index contributed by atoms with van der Waals surface area (Å²) in [6, 6.07) is 7.42. The van der Waals surface area contributed by atoms with E-state index in [4.69, 9.17) is 16.0 Å². The predicted octanol–water partition coefficient (Wildman–Crippen LogP) is 2.74. The monoisotopic (exact) mass is 194 g/mol. The summed E-state index contributed by atoms with van der Waals surface area (Å²) in [6.07, 6.45) is 1.85. The number of furan rings is 1. The Morgan fingerprint density at radius 3 is 3.00 bits per heavy atom. The predicted molar refractivity (Wildman–Crippen MR) is 50.8 cm³/mol. The van der Waals surface area contributed by atoms with Crippen molar-refractivity contribution in [3.63, 3.8) is 0 Å². The van der Waals surface area contributed by atoms with E-state index in [0.29, 0.717) is 0 Å². The van der Waals surface area contributed by atoms with Crippen molar-refractivity contribution in [1.29, 1.82) is 0 Å². The van der Waals surface area contributed by atoms with E-state index in [1.165, 1.54) is 0 Å².